The summed E-state index contributed by atoms with van der Waals surface area (Å²) in [7, 11) is 1.09. The van der Waals surface area contributed by atoms with Crippen molar-refractivity contribution in [2.75, 3.05) is 13.7 Å². The molecule has 2 amide bonds. The Balaban J connectivity index is 2.93. The van der Waals surface area contributed by atoms with Gasteiger partial charge in [-0.05, 0) is 25.6 Å². The van der Waals surface area contributed by atoms with E-state index in [1.807, 2.05) is 0 Å². The van der Waals surface area contributed by atoms with Gasteiger partial charge < -0.3 is 40.9 Å². The van der Waals surface area contributed by atoms with E-state index in [9.17, 15) is 38.5 Å². The fraction of sp³-hybridized carbons (Fsp3) is 0.824. The van der Waals surface area contributed by atoms with Crippen LogP contribution >= 0.6 is 11.8 Å². The van der Waals surface area contributed by atoms with Gasteiger partial charge in [-0.3, -0.25) is 14.4 Å². The second kappa shape index (κ2) is 11.4. The molecule has 0 aromatic heterocycles. The van der Waals surface area contributed by atoms with Crippen LogP contribution in [0.5, 0.6) is 0 Å². The number of carbonyl (C=O) groups excluding carboxylic acids is 2. The SMILES string of the molecule is CC(NC(=O)C(C)NC(=O)C(CC(F)(F)C1OC(CO)C(O)C(O)C1O)N(C)Cl)C(=O)O. The highest BCUT2D eigenvalue weighted by Crippen LogP contribution is 2.36. The minimum absolute atomic E-state index is 0.609. The number of rotatable bonds is 10. The molecule has 7 N–H and O–H groups in total. The van der Waals surface area contributed by atoms with E-state index >= 15 is 0 Å². The predicted molar refractivity (Wildman–Crippen MR) is 104 cm³/mol. The van der Waals surface area contributed by atoms with E-state index in [1.54, 1.807) is 0 Å². The molecule has 186 valence electrons. The number of hydrogen-bond donors (Lipinski definition) is 7. The zero-order valence-corrected chi connectivity index (χ0v) is 18.2. The first-order valence-electron chi connectivity index (χ1n) is 9.54. The van der Waals surface area contributed by atoms with Gasteiger partial charge >= 0.3 is 5.97 Å². The van der Waals surface area contributed by atoms with Gasteiger partial charge in [-0.15, -0.1) is 0 Å². The molecule has 0 aromatic carbocycles. The van der Waals surface area contributed by atoms with Gasteiger partial charge in [0, 0.05) is 13.5 Å². The number of carboxylic acids is 1. The molecule has 0 aromatic rings. The van der Waals surface area contributed by atoms with Gasteiger partial charge in [0.1, 0.15) is 48.6 Å². The Hall–Kier alpha value is -1.68. The normalized spacial score (nSPS) is 29.2. The largest absolute Gasteiger partial charge is 0.480 e. The summed E-state index contributed by atoms with van der Waals surface area (Å²) in [5.74, 6) is -7.31. The number of aliphatic hydroxyl groups excluding tert-OH is 4. The molecule has 1 aliphatic rings. The van der Waals surface area contributed by atoms with Crippen molar-refractivity contribution in [1.82, 2.24) is 15.1 Å². The van der Waals surface area contributed by atoms with Crippen molar-refractivity contribution in [1.29, 1.82) is 0 Å². The van der Waals surface area contributed by atoms with Gasteiger partial charge in [0.25, 0.3) is 5.92 Å². The third-order valence-corrected chi connectivity index (χ3v) is 5.22. The number of carboxylic acid groups (broad SMARTS) is 1. The van der Waals surface area contributed by atoms with Crippen LogP contribution in [0.4, 0.5) is 8.78 Å². The predicted octanol–water partition coefficient (Wildman–Crippen LogP) is -2.60. The lowest BCUT2D eigenvalue weighted by Crippen LogP contribution is -2.64. The lowest BCUT2D eigenvalue weighted by Gasteiger charge is -2.43. The average molecular weight is 492 g/mol. The molecule has 0 saturated carbocycles. The second-order valence-corrected chi connectivity index (χ2v) is 8.09. The maximum absolute atomic E-state index is 14.9. The summed E-state index contributed by atoms with van der Waals surface area (Å²) >= 11 is 5.74. The monoisotopic (exact) mass is 491 g/mol. The molecule has 12 nitrogen and oxygen atoms in total. The number of likely N-dealkylation sites (N-methyl/N-ethyl adjacent to an activating group) is 1. The number of carbonyl (C=O) groups is 3. The van der Waals surface area contributed by atoms with Crippen molar-refractivity contribution in [2.45, 2.75) is 74.8 Å². The standard InChI is InChI=1S/C17H28ClF2N3O9/c1-6(14(28)22-7(2)16(30)31)21-15(29)8(23(3)18)4-17(19,20)13-12(27)11(26)10(25)9(5-24)32-13/h6-13,24-27H,4-5H2,1-3H3,(H,21,29)(H,22,28)(H,30,31). The number of aliphatic hydroxyl groups is 4. The number of alkyl halides is 2. The molecule has 8 unspecified atom stereocenters. The summed E-state index contributed by atoms with van der Waals surface area (Å²) < 4.78 is 35.3. The molecule has 32 heavy (non-hydrogen) atoms. The zero-order chi connectivity index (χ0) is 25.0. The molecule has 0 spiro atoms. The Bertz CT molecular complexity index is 686. The Morgan fingerprint density at radius 1 is 1.06 bits per heavy atom. The second-order valence-electron chi connectivity index (χ2n) is 7.55. The quantitative estimate of drug-likeness (QED) is 0.160. The van der Waals surface area contributed by atoms with Crippen LogP contribution in [0.2, 0.25) is 0 Å². The van der Waals surface area contributed by atoms with Crippen molar-refractivity contribution < 1.29 is 53.4 Å². The summed E-state index contributed by atoms with van der Waals surface area (Å²) in [5.41, 5.74) is 0. The number of aliphatic carboxylic acids is 1. The molecule has 1 rings (SSSR count). The van der Waals surface area contributed by atoms with Gasteiger partial charge in [-0.2, -0.15) is 0 Å². The first kappa shape index (κ1) is 28.4. The van der Waals surface area contributed by atoms with Gasteiger partial charge in [-0.1, -0.05) is 0 Å². The topological polar surface area (TPSA) is 189 Å². The number of ether oxygens (including phenoxy) is 1. The number of amides is 2. The van der Waals surface area contributed by atoms with Gasteiger partial charge in [0.2, 0.25) is 11.8 Å². The molecular weight excluding hydrogens is 464 g/mol. The van der Waals surface area contributed by atoms with Crippen LogP contribution in [-0.4, -0.2) is 116 Å². The maximum atomic E-state index is 14.9. The highest BCUT2D eigenvalue weighted by Gasteiger charge is 2.55. The number of halogens is 3. The molecular formula is C17H28ClF2N3O9. The van der Waals surface area contributed by atoms with Crippen molar-refractivity contribution in [3.8, 4) is 0 Å². The average Bonchev–Trinajstić information content (AvgIpc) is 2.69. The van der Waals surface area contributed by atoms with Crippen LogP contribution < -0.4 is 10.6 Å². The Morgan fingerprint density at radius 2 is 1.59 bits per heavy atom. The third-order valence-electron chi connectivity index (χ3n) is 4.99. The molecule has 0 bridgehead atoms. The third kappa shape index (κ3) is 6.91. The minimum atomic E-state index is -3.98. The molecule has 1 aliphatic heterocycles. The van der Waals surface area contributed by atoms with Gasteiger partial charge in [0.05, 0.1) is 6.61 Å². The fourth-order valence-corrected chi connectivity index (χ4v) is 3.14. The lowest BCUT2D eigenvalue weighted by atomic mass is 9.89. The van der Waals surface area contributed by atoms with Gasteiger partial charge in [-0.25, -0.2) is 13.2 Å². The fourth-order valence-electron chi connectivity index (χ4n) is 2.98. The van der Waals surface area contributed by atoms with E-state index in [0.717, 1.165) is 7.05 Å². The molecule has 0 radical (unpaired) electrons. The van der Waals surface area contributed by atoms with E-state index in [4.69, 9.17) is 26.7 Å². The van der Waals surface area contributed by atoms with E-state index in [2.05, 4.69) is 10.6 Å². The van der Waals surface area contributed by atoms with E-state index in [-0.39, 0.29) is 0 Å². The van der Waals surface area contributed by atoms with Crippen LogP contribution in [0.25, 0.3) is 0 Å². The molecule has 1 fully saturated rings. The smallest absolute Gasteiger partial charge is 0.325 e. The zero-order valence-electron chi connectivity index (χ0n) is 17.5. The van der Waals surface area contributed by atoms with Crippen molar-refractivity contribution in [2.24, 2.45) is 0 Å². The van der Waals surface area contributed by atoms with Crippen molar-refractivity contribution in [3.63, 3.8) is 0 Å². The lowest BCUT2D eigenvalue weighted by molar-refractivity contribution is -0.282. The van der Waals surface area contributed by atoms with Crippen LogP contribution in [0.1, 0.15) is 20.3 Å². The first-order chi connectivity index (χ1) is 14.6. The van der Waals surface area contributed by atoms with E-state index in [0.29, 0.717) is 4.42 Å². The maximum Gasteiger partial charge on any atom is 0.325 e. The van der Waals surface area contributed by atoms with Crippen LogP contribution in [0, 0.1) is 0 Å². The first-order valence-corrected chi connectivity index (χ1v) is 9.88. The summed E-state index contributed by atoms with van der Waals surface area (Å²) in [6.45, 7) is 1.46. The molecule has 1 heterocycles. The summed E-state index contributed by atoms with van der Waals surface area (Å²) in [5, 5.41) is 51.7. The summed E-state index contributed by atoms with van der Waals surface area (Å²) in [4.78, 5) is 35.3. The molecule has 1 saturated heterocycles. The molecule has 15 heteroatoms. The number of hydrogen-bond acceptors (Lipinski definition) is 9. The molecule has 0 aliphatic carbocycles. The van der Waals surface area contributed by atoms with E-state index in [1.165, 1.54) is 13.8 Å². The van der Waals surface area contributed by atoms with Crippen LogP contribution in [-0.2, 0) is 19.1 Å². The number of nitrogens with zero attached hydrogens (tertiary/aromatic N) is 1. The van der Waals surface area contributed by atoms with Crippen molar-refractivity contribution >= 4 is 29.6 Å². The Labute approximate surface area is 187 Å². The Kier molecular flexibility index (Phi) is 10.1. The van der Waals surface area contributed by atoms with Crippen LogP contribution in [0.3, 0.4) is 0 Å². The summed E-state index contributed by atoms with van der Waals surface area (Å²) in [6.07, 6.45) is -11.4. The Morgan fingerprint density at radius 3 is 2.06 bits per heavy atom. The van der Waals surface area contributed by atoms with Crippen LogP contribution in [0.15, 0.2) is 0 Å². The van der Waals surface area contributed by atoms with Gasteiger partial charge in [0.15, 0.2) is 0 Å². The van der Waals surface area contributed by atoms with E-state index < -0.39 is 85.4 Å². The highest BCUT2D eigenvalue weighted by atomic mass is 35.5. The summed E-state index contributed by atoms with van der Waals surface area (Å²) in [6, 6.07) is -4.32. The highest BCUT2D eigenvalue weighted by molar-refractivity contribution is 6.14. The molecule has 8 atom stereocenters. The number of nitrogens with one attached hydrogen (secondary N) is 2. The van der Waals surface area contributed by atoms with Crippen molar-refractivity contribution in [3.05, 3.63) is 0 Å². The minimum Gasteiger partial charge on any atom is -0.480 e.